The van der Waals surface area contributed by atoms with Crippen LogP contribution in [-0.2, 0) is 0 Å². The smallest absolute Gasteiger partial charge is 0.119 e. The predicted molar refractivity (Wildman–Crippen MR) is 178 cm³/mol. The van der Waals surface area contributed by atoms with Crippen molar-refractivity contribution in [3.8, 4) is 11.5 Å². The topological polar surface area (TPSA) is 31.4 Å². The molecule has 0 fully saturated rings. The van der Waals surface area contributed by atoms with Crippen LogP contribution in [0.2, 0.25) is 0 Å². The van der Waals surface area contributed by atoms with E-state index < -0.39 is 0 Å². The molecule has 0 unspecified atom stereocenters. The summed E-state index contributed by atoms with van der Waals surface area (Å²) in [5, 5.41) is 0. The lowest BCUT2D eigenvalue weighted by Gasteiger charge is -2.29. The Bertz CT molecular complexity index is 1460. The summed E-state index contributed by atoms with van der Waals surface area (Å²) in [5.41, 5.74) is 8.67. The van der Waals surface area contributed by atoms with Gasteiger partial charge in [0, 0.05) is 73.7 Å². The van der Waals surface area contributed by atoms with E-state index in [2.05, 4.69) is 145 Å². The van der Waals surface area contributed by atoms with Crippen LogP contribution in [0.25, 0.3) is 0 Å². The molecule has 0 saturated carbocycles. The number of methoxy groups -OCH3 is 2. The van der Waals surface area contributed by atoms with Gasteiger partial charge in [-0.25, -0.2) is 0 Å². The molecule has 0 bridgehead atoms. The van der Waals surface area contributed by atoms with Crippen LogP contribution >= 0.6 is 0 Å². The monoisotopic (exact) mass is 558 g/mol. The first-order valence-electron chi connectivity index (χ1n) is 13.9. The lowest BCUT2D eigenvalue weighted by Crippen LogP contribution is -2.13. The van der Waals surface area contributed by atoms with Crippen LogP contribution < -0.4 is 29.1 Å². The van der Waals surface area contributed by atoms with E-state index >= 15 is 0 Å². The minimum atomic E-state index is 0.819. The second-order valence-corrected chi connectivity index (χ2v) is 10.4. The van der Waals surface area contributed by atoms with Gasteiger partial charge in [-0.2, -0.15) is 0 Å². The molecule has 0 spiro atoms. The minimum Gasteiger partial charge on any atom is -0.497 e. The maximum absolute atomic E-state index is 5.41. The van der Waals surface area contributed by atoms with E-state index in [0.29, 0.717) is 0 Å². The number of benzene rings is 5. The van der Waals surface area contributed by atoms with Crippen molar-refractivity contribution in [2.75, 3.05) is 62.0 Å². The number of nitrogens with zero attached hydrogens (tertiary/aromatic N) is 4. The van der Waals surface area contributed by atoms with Gasteiger partial charge in [0.1, 0.15) is 11.5 Å². The van der Waals surface area contributed by atoms with Crippen LogP contribution in [0.4, 0.5) is 45.5 Å². The maximum atomic E-state index is 5.41. The highest BCUT2D eigenvalue weighted by Gasteiger charge is 2.17. The normalized spacial score (nSPS) is 10.6. The summed E-state index contributed by atoms with van der Waals surface area (Å²) < 4.78 is 10.8. The first kappa shape index (κ1) is 28.4. The van der Waals surface area contributed by atoms with Gasteiger partial charge in [-0.05, 0) is 121 Å². The SMILES string of the molecule is COc1ccc(N(c2ccc(OC)cc2)c2ccc(N(c3ccc(N(C)C)cc3)c3ccc(N(C)C)cc3)cc2)cc1. The summed E-state index contributed by atoms with van der Waals surface area (Å²) in [6.07, 6.45) is 0. The highest BCUT2D eigenvalue weighted by atomic mass is 16.5. The Hall–Kier alpha value is -5.10. The Balaban J connectivity index is 1.56. The molecule has 5 aromatic carbocycles. The molecule has 0 aliphatic carbocycles. The standard InChI is InChI=1S/C36H38N4O2/c1-37(2)27-7-11-29(12-8-27)39(30-13-9-28(10-14-30)38(3)4)31-15-17-32(18-16-31)40(33-19-23-35(41-5)24-20-33)34-21-25-36(42-6)26-22-34/h7-26H,1-6H3. The highest BCUT2D eigenvalue weighted by molar-refractivity contribution is 5.82. The average Bonchev–Trinajstić information content (AvgIpc) is 3.03. The van der Waals surface area contributed by atoms with Crippen molar-refractivity contribution < 1.29 is 9.47 Å². The molecule has 0 atom stereocenters. The minimum absolute atomic E-state index is 0.819. The third-order valence-corrected chi connectivity index (χ3v) is 7.28. The molecule has 6 heteroatoms. The van der Waals surface area contributed by atoms with Gasteiger partial charge in [0.25, 0.3) is 0 Å². The van der Waals surface area contributed by atoms with Gasteiger partial charge >= 0.3 is 0 Å². The fourth-order valence-corrected chi connectivity index (χ4v) is 4.91. The van der Waals surface area contributed by atoms with Gasteiger partial charge in [0.15, 0.2) is 0 Å². The lowest BCUT2D eigenvalue weighted by molar-refractivity contribution is 0.415. The first-order chi connectivity index (χ1) is 20.4. The largest absolute Gasteiger partial charge is 0.497 e. The van der Waals surface area contributed by atoms with Crippen LogP contribution in [0.3, 0.4) is 0 Å². The molecule has 0 amide bonds. The zero-order valence-corrected chi connectivity index (χ0v) is 25.2. The summed E-state index contributed by atoms with van der Waals surface area (Å²) in [6, 6.07) is 42.2. The van der Waals surface area contributed by atoms with E-state index in [4.69, 9.17) is 9.47 Å². The first-order valence-corrected chi connectivity index (χ1v) is 13.9. The summed E-state index contributed by atoms with van der Waals surface area (Å²) in [6.45, 7) is 0. The van der Waals surface area contributed by atoms with E-state index in [1.54, 1.807) is 14.2 Å². The maximum Gasteiger partial charge on any atom is 0.119 e. The predicted octanol–water partition coefficient (Wildman–Crippen LogP) is 8.78. The van der Waals surface area contributed by atoms with Crippen molar-refractivity contribution in [2.45, 2.75) is 0 Å². The molecule has 42 heavy (non-hydrogen) atoms. The number of ether oxygens (including phenoxy) is 2. The molecule has 214 valence electrons. The van der Waals surface area contributed by atoms with E-state index in [9.17, 15) is 0 Å². The van der Waals surface area contributed by atoms with Crippen LogP contribution in [0, 0.1) is 0 Å². The van der Waals surface area contributed by atoms with E-state index in [-0.39, 0.29) is 0 Å². The van der Waals surface area contributed by atoms with E-state index in [0.717, 1.165) is 57.0 Å². The molecular weight excluding hydrogens is 520 g/mol. The molecule has 0 heterocycles. The number of rotatable bonds is 10. The van der Waals surface area contributed by atoms with Gasteiger partial charge < -0.3 is 29.1 Å². The van der Waals surface area contributed by atoms with Gasteiger partial charge in [0.2, 0.25) is 0 Å². The summed E-state index contributed by atoms with van der Waals surface area (Å²) in [4.78, 5) is 8.74. The third-order valence-electron chi connectivity index (χ3n) is 7.28. The van der Waals surface area contributed by atoms with Crippen molar-refractivity contribution in [1.82, 2.24) is 0 Å². The molecule has 5 aromatic rings. The number of hydrogen-bond donors (Lipinski definition) is 0. The molecule has 0 aliphatic rings. The molecule has 0 radical (unpaired) electrons. The molecule has 6 nitrogen and oxygen atoms in total. The molecule has 0 saturated heterocycles. The van der Waals surface area contributed by atoms with Crippen molar-refractivity contribution in [1.29, 1.82) is 0 Å². The molecule has 0 aromatic heterocycles. The van der Waals surface area contributed by atoms with Crippen molar-refractivity contribution >= 4 is 45.5 Å². The van der Waals surface area contributed by atoms with Crippen LogP contribution in [0.15, 0.2) is 121 Å². The van der Waals surface area contributed by atoms with Crippen molar-refractivity contribution in [2.24, 2.45) is 0 Å². The fourth-order valence-electron chi connectivity index (χ4n) is 4.91. The Morgan fingerprint density at radius 2 is 0.500 bits per heavy atom. The molecule has 0 aliphatic heterocycles. The number of hydrogen-bond acceptors (Lipinski definition) is 6. The van der Waals surface area contributed by atoms with Gasteiger partial charge in [0.05, 0.1) is 14.2 Å². The van der Waals surface area contributed by atoms with Crippen molar-refractivity contribution in [3.05, 3.63) is 121 Å². The Morgan fingerprint density at radius 1 is 0.310 bits per heavy atom. The van der Waals surface area contributed by atoms with E-state index in [1.165, 1.54) is 0 Å². The Morgan fingerprint density at radius 3 is 0.690 bits per heavy atom. The zero-order chi connectivity index (χ0) is 29.6. The van der Waals surface area contributed by atoms with E-state index in [1.807, 2.05) is 24.3 Å². The highest BCUT2D eigenvalue weighted by Crippen LogP contribution is 2.40. The van der Waals surface area contributed by atoms with Crippen LogP contribution in [-0.4, -0.2) is 42.4 Å². The Labute approximate surface area is 249 Å². The Kier molecular flexibility index (Phi) is 8.53. The summed E-state index contributed by atoms with van der Waals surface area (Å²) in [7, 11) is 11.6. The third kappa shape index (κ3) is 6.13. The summed E-state index contributed by atoms with van der Waals surface area (Å²) >= 11 is 0. The molecule has 0 N–H and O–H groups in total. The molecule has 5 rings (SSSR count). The van der Waals surface area contributed by atoms with Crippen molar-refractivity contribution in [3.63, 3.8) is 0 Å². The zero-order valence-electron chi connectivity index (χ0n) is 25.2. The number of anilines is 8. The van der Waals surface area contributed by atoms with Crippen LogP contribution in [0.5, 0.6) is 11.5 Å². The van der Waals surface area contributed by atoms with Crippen LogP contribution in [0.1, 0.15) is 0 Å². The summed E-state index contributed by atoms with van der Waals surface area (Å²) in [5.74, 6) is 1.64. The second kappa shape index (κ2) is 12.6. The average molecular weight is 559 g/mol. The lowest BCUT2D eigenvalue weighted by atomic mass is 10.1. The fraction of sp³-hybridized carbons (Fsp3) is 0.167. The quantitative estimate of drug-likeness (QED) is 0.170. The second-order valence-electron chi connectivity index (χ2n) is 10.4. The van der Waals surface area contributed by atoms with Gasteiger partial charge in [-0.15, -0.1) is 0 Å². The molecular formula is C36H38N4O2. The van der Waals surface area contributed by atoms with Gasteiger partial charge in [-0.3, -0.25) is 0 Å². The van der Waals surface area contributed by atoms with Gasteiger partial charge in [-0.1, -0.05) is 0 Å².